The molecule has 1 aromatic rings. The lowest BCUT2D eigenvalue weighted by atomic mass is 9.99. The lowest BCUT2D eigenvalue weighted by molar-refractivity contribution is 0.0837. The Morgan fingerprint density at radius 1 is 1.24 bits per heavy atom. The minimum atomic E-state index is 0.102. The second-order valence-corrected chi connectivity index (χ2v) is 4.78. The maximum absolute atomic E-state index is 12.5. The summed E-state index contributed by atoms with van der Waals surface area (Å²) in [5.74, 6) is 0.300. The Bertz CT molecular complexity index is 354. The molecule has 1 fully saturated rings. The number of rotatable bonds is 5. The van der Waals surface area contributed by atoms with Gasteiger partial charge in [-0.25, -0.2) is 0 Å². The van der Waals surface area contributed by atoms with Gasteiger partial charge in [0, 0.05) is 5.56 Å². The summed E-state index contributed by atoms with van der Waals surface area (Å²) in [5.41, 5.74) is 0.859. The molecule has 17 heavy (non-hydrogen) atoms. The van der Waals surface area contributed by atoms with Crippen molar-refractivity contribution in [1.82, 2.24) is 4.90 Å². The van der Waals surface area contributed by atoms with Gasteiger partial charge in [-0.05, 0) is 32.4 Å². The van der Waals surface area contributed by atoms with Gasteiger partial charge in [-0.2, -0.15) is 0 Å². The number of likely N-dealkylation sites (tertiary alicyclic amines) is 1. The molecule has 0 bridgehead atoms. The van der Waals surface area contributed by atoms with Crippen LogP contribution in [0.1, 0.15) is 43.0 Å². The van der Waals surface area contributed by atoms with Gasteiger partial charge in [0.1, 0.15) is 0 Å². The topological polar surface area (TPSA) is 20.3 Å². The van der Waals surface area contributed by atoms with Crippen molar-refractivity contribution in [3.05, 3.63) is 35.9 Å². The number of hydrogen-bond acceptors (Lipinski definition) is 2. The maximum Gasteiger partial charge on any atom is 0.179 e. The molecule has 92 valence electrons. The van der Waals surface area contributed by atoms with E-state index in [0.29, 0.717) is 5.78 Å². The van der Waals surface area contributed by atoms with Crippen LogP contribution in [0, 0.1) is 0 Å². The number of hydrogen-bond donors (Lipinski definition) is 0. The predicted octanol–water partition coefficient (Wildman–Crippen LogP) is 3.13. The average Bonchev–Trinajstić information content (AvgIpc) is 2.90. The highest BCUT2D eigenvalue weighted by molar-refractivity contribution is 6.00. The number of nitrogens with zero attached hydrogens (tertiary/aromatic N) is 1. The molecule has 1 aliphatic heterocycles. The van der Waals surface area contributed by atoms with Crippen LogP contribution in [0.5, 0.6) is 0 Å². The Hall–Kier alpha value is -1.15. The molecule has 0 spiro atoms. The molecule has 0 unspecified atom stereocenters. The maximum atomic E-state index is 12.5. The number of carbonyl (C=O) groups is 1. The van der Waals surface area contributed by atoms with Gasteiger partial charge in [-0.1, -0.05) is 43.7 Å². The summed E-state index contributed by atoms with van der Waals surface area (Å²) in [6.07, 6.45) is 4.53. The summed E-state index contributed by atoms with van der Waals surface area (Å²) >= 11 is 0. The lowest BCUT2D eigenvalue weighted by Crippen LogP contribution is -2.39. The Balaban J connectivity index is 2.12. The highest BCUT2D eigenvalue weighted by Crippen LogP contribution is 2.19. The second-order valence-electron chi connectivity index (χ2n) is 4.78. The molecule has 1 saturated heterocycles. The van der Waals surface area contributed by atoms with E-state index in [1.807, 2.05) is 30.3 Å². The zero-order valence-corrected chi connectivity index (χ0v) is 10.6. The van der Waals surface area contributed by atoms with Gasteiger partial charge in [0.25, 0.3) is 0 Å². The van der Waals surface area contributed by atoms with Crippen molar-refractivity contribution < 1.29 is 4.79 Å². The van der Waals surface area contributed by atoms with Crippen molar-refractivity contribution in [3.63, 3.8) is 0 Å². The lowest BCUT2D eigenvalue weighted by Gasteiger charge is -2.26. The van der Waals surface area contributed by atoms with Gasteiger partial charge in [-0.15, -0.1) is 0 Å². The molecule has 1 aromatic carbocycles. The fraction of sp³-hybridized carbons (Fsp3) is 0.533. The van der Waals surface area contributed by atoms with Crippen LogP contribution in [0.25, 0.3) is 0 Å². The van der Waals surface area contributed by atoms with Crippen LogP contribution in [0.4, 0.5) is 0 Å². The molecule has 1 heterocycles. The summed E-state index contributed by atoms with van der Waals surface area (Å²) in [7, 11) is 0. The fourth-order valence-corrected chi connectivity index (χ4v) is 2.60. The van der Waals surface area contributed by atoms with E-state index in [4.69, 9.17) is 0 Å². The number of Topliss-reactive ketones (excluding diaryl/α,β-unsaturated/α-hetero) is 1. The molecule has 0 saturated carbocycles. The average molecular weight is 231 g/mol. The van der Waals surface area contributed by atoms with Gasteiger partial charge in [0.2, 0.25) is 0 Å². The first-order chi connectivity index (χ1) is 8.33. The van der Waals surface area contributed by atoms with Crippen LogP contribution < -0.4 is 0 Å². The predicted molar refractivity (Wildman–Crippen MR) is 70.3 cm³/mol. The van der Waals surface area contributed by atoms with Gasteiger partial charge < -0.3 is 0 Å². The van der Waals surface area contributed by atoms with Crippen molar-refractivity contribution >= 4 is 5.78 Å². The monoisotopic (exact) mass is 231 g/mol. The summed E-state index contributed by atoms with van der Waals surface area (Å²) in [4.78, 5) is 14.8. The molecule has 2 rings (SSSR count). The van der Waals surface area contributed by atoms with E-state index >= 15 is 0 Å². The van der Waals surface area contributed by atoms with E-state index in [-0.39, 0.29) is 6.04 Å². The fourth-order valence-electron chi connectivity index (χ4n) is 2.60. The first kappa shape index (κ1) is 12.3. The SMILES string of the molecule is CCC[C@@H](C(=O)c1ccccc1)N1CCCC1. The van der Waals surface area contributed by atoms with Crippen LogP contribution in [0.3, 0.4) is 0 Å². The van der Waals surface area contributed by atoms with Crippen molar-refractivity contribution in [3.8, 4) is 0 Å². The Morgan fingerprint density at radius 2 is 1.88 bits per heavy atom. The summed E-state index contributed by atoms with van der Waals surface area (Å²) in [5, 5.41) is 0. The molecule has 0 amide bonds. The van der Waals surface area contributed by atoms with Crippen LogP contribution in [0.2, 0.25) is 0 Å². The van der Waals surface area contributed by atoms with Crippen molar-refractivity contribution in [2.24, 2.45) is 0 Å². The number of ketones is 1. The Morgan fingerprint density at radius 3 is 2.47 bits per heavy atom. The molecule has 0 aliphatic carbocycles. The smallest absolute Gasteiger partial charge is 0.179 e. The van der Waals surface area contributed by atoms with Crippen molar-refractivity contribution in [1.29, 1.82) is 0 Å². The normalized spacial score (nSPS) is 18.2. The van der Waals surface area contributed by atoms with Gasteiger partial charge in [-0.3, -0.25) is 9.69 Å². The largest absolute Gasteiger partial charge is 0.293 e. The van der Waals surface area contributed by atoms with E-state index in [1.54, 1.807) is 0 Å². The molecular weight excluding hydrogens is 210 g/mol. The third-order valence-electron chi connectivity index (χ3n) is 3.50. The third-order valence-corrected chi connectivity index (χ3v) is 3.50. The highest BCUT2D eigenvalue weighted by Gasteiger charge is 2.27. The second kappa shape index (κ2) is 5.97. The van der Waals surface area contributed by atoms with E-state index in [0.717, 1.165) is 31.5 Å². The first-order valence-corrected chi connectivity index (χ1v) is 6.66. The summed E-state index contributed by atoms with van der Waals surface area (Å²) in [6.45, 7) is 4.33. The minimum Gasteiger partial charge on any atom is -0.293 e. The van der Waals surface area contributed by atoms with Crippen LogP contribution in [0.15, 0.2) is 30.3 Å². The zero-order valence-electron chi connectivity index (χ0n) is 10.6. The molecule has 2 nitrogen and oxygen atoms in total. The van der Waals surface area contributed by atoms with Gasteiger partial charge in [0.05, 0.1) is 6.04 Å². The zero-order chi connectivity index (χ0) is 12.1. The molecule has 0 radical (unpaired) electrons. The molecule has 0 N–H and O–H groups in total. The van der Waals surface area contributed by atoms with Gasteiger partial charge in [0.15, 0.2) is 5.78 Å². The first-order valence-electron chi connectivity index (χ1n) is 6.66. The molecule has 1 atom stereocenters. The highest BCUT2D eigenvalue weighted by atomic mass is 16.1. The van der Waals surface area contributed by atoms with E-state index in [1.165, 1.54) is 12.8 Å². The molecule has 2 heteroatoms. The van der Waals surface area contributed by atoms with E-state index in [9.17, 15) is 4.79 Å². The standard InChI is InChI=1S/C15H21NO/c1-2-8-14(16-11-6-7-12-16)15(17)13-9-4-3-5-10-13/h3-5,9-10,14H,2,6-8,11-12H2,1H3/t14-/m0/s1. The van der Waals surface area contributed by atoms with Crippen LogP contribution in [-0.2, 0) is 0 Å². The molecular formula is C15H21NO. The Kier molecular flexibility index (Phi) is 4.32. The van der Waals surface area contributed by atoms with E-state index < -0.39 is 0 Å². The molecule has 1 aliphatic rings. The summed E-state index contributed by atoms with van der Waals surface area (Å²) in [6, 6.07) is 9.81. The molecule has 0 aromatic heterocycles. The van der Waals surface area contributed by atoms with Gasteiger partial charge >= 0.3 is 0 Å². The van der Waals surface area contributed by atoms with Crippen molar-refractivity contribution in [2.75, 3.05) is 13.1 Å². The minimum absolute atomic E-state index is 0.102. The van der Waals surface area contributed by atoms with Crippen molar-refractivity contribution in [2.45, 2.75) is 38.6 Å². The summed E-state index contributed by atoms with van der Waals surface area (Å²) < 4.78 is 0. The number of benzene rings is 1. The quantitative estimate of drug-likeness (QED) is 0.726. The Labute approximate surface area is 104 Å². The van der Waals surface area contributed by atoms with Crippen LogP contribution >= 0.6 is 0 Å². The number of carbonyl (C=O) groups excluding carboxylic acids is 1. The van der Waals surface area contributed by atoms with Crippen LogP contribution in [-0.4, -0.2) is 29.8 Å². The third kappa shape index (κ3) is 2.95. The van der Waals surface area contributed by atoms with E-state index in [2.05, 4.69) is 11.8 Å².